The Kier molecular flexibility index (Phi) is 3.93. The highest BCUT2D eigenvalue weighted by Gasteiger charge is 2.24. The predicted octanol–water partition coefficient (Wildman–Crippen LogP) is 1.87. The summed E-state index contributed by atoms with van der Waals surface area (Å²) in [7, 11) is 0. The molecule has 1 aliphatic heterocycles. The first kappa shape index (κ1) is 13.5. The molecule has 3 rings (SSSR count). The molecule has 0 aliphatic carbocycles. The van der Waals surface area contributed by atoms with Crippen LogP contribution in [0.2, 0.25) is 0 Å². The molecule has 20 heavy (non-hydrogen) atoms. The zero-order valence-electron chi connectivity index (χ0n) is 10.8. The lowest BCUT2D eigenvalue weighted by Gasteiger charge is -2.32. The van der Waals surface area contributed by atoms with E-state index in [1.54, 1.807) is 24.5 Å². The van der Waals surface area contributed by atoms with E-state index in [9.17, 15) is 4.79 Å². The fraction of sp³-hybridized carbons (Fsp3) is 0.357. The normalized spacial score (nSPS) is 19.2. The monoisotopic (exact) mass is 335 g/mol. The number of hydrogen-bond donors (Lipinski definition) is 0. The predicted molar refractivity (Wildman–Crippen MR) is 79.0 cm³/mol. The van der Waals surface area contributed by atoms with Gasteiger partial charge < -0.3 is 9.64 Å². The molecule has 1 fully saturated rings. The summed E-state index contributed by atoms with van der Waals surface area (Å²) < 4.78 is 5.55. The Morgan fingerprint density at radius 1 is 1.35 bits per heavy atom. The van der Waals surface area contributed by atoms with Crippen molar-refractivity contribution in [2.75, 3.05) is 25.0 Å². The van der Waals surface area contributed by atoms with E-state index in [-0.39, 0.29) is 12.0 Å². The molecule has 2 aromatic rings. The van der Waals surface area contributed by atoms with Gasteiger partial charge in [0.2, 0.25) is 0 Å². The summed E-state index contributed by atoms with van der Waals surface area (Å²) in [6, 6.07) is 5.43. The fourth-order valence-corrected chi connectivity index (χ4v) is 2.67. The Morgan fingerprint density at radius 2 is 2.15 bits per heavy atom. The molecule has 0 N–H and O–H groups in total. The van der Waals surface area contributed by atoms with E-state index in [1.165, 1.54) is 0 Å². The molecule has 1 aliphatic rings. The van der Waals surface area contributed by atoms with Crippen molar-refractivity contribution < 1.29 is 9.53 Å². The maximum absolute atomic E-state index is 12.5. The van der Waals surface area contributed by atoms with Gasteiger partial charge in [-0.2, -0.15) is 0 Å². The van der Waals surface area contributed by atoms with Gasteiger partial charge in [-0.15, -0.1) is 0 Å². The number of carbonyl (C=O) groups excluding carboxylic acids is 1. The van der Waals surface area contributed by atoms with E-state index in [0.717, 1.165) is 16.4 Å². The summed E-state index contributed by atoms with van der Waals surface area (Å²) in [6.45, 7) is 1.82. The number of benzene rings is 1. The van der Waals surface area contributed by atoms with Gasteiger partial charge in [0, 0.05) is 36.4 Å². The summed E-state index contributed by atoms with van der Waals surface area (Å²) in [5, 5.41) is 0.736. The number of fused-ring (bicyclic) bond motifs is 1. The standard InChI is InChI=1S/C14H14BrN3O2/c15-8-11-9-18(5-6-20-11)14(19)10-1-2-12-13(7-10)17-4-3-16-12/h1-4,7,11H,5-6,8-9H2. The molecular formula is C14H14BrN3O2. The second-order valence-corrected chi connectivity index (χ2v) is 5.31. The number of hydrogen-bond acceptors (Lipinski definition) is 4. The van der Waals surface area contributed by atoms with Crippen LogP contribution in [0.25, 0.3) is 11.0 Å². The molecular weight excluding hydrogens is 322 g/mol. The number of carbonyl (C=O) groups is 1. The quantitative estimate of drug-likeness (QED) is 0.786. The van der Waals surface area contributed by atoms with Gasteiger partial charge in [-0.25, -0.2) is 0 Å². The molecule has 2 heterocycles. The van der Waals surface area contributed by atoms with Gasteiger partial charge in [0.15, 0.2) is 0 Å². The van der Waals surface area contributed by atoms with Crippen LogP contribution in [0.4, 0.5) is 0 Å². The first-order chi connectivity index (χ1) is 9.78. The molecule has 1 unspecified atom stereocenters. The van der Waals surface area contributed by atoms with Gasteiger partial charge in [-0.3, -0.25) is 14.8 Å². The number of halogens is 1. The highest BCUT2D eigenvalue weighted by atomic mass is 79.9. The third kappa shape index (κ3) is 2.66. The summed E-state index contributed by atoms with van der Waals surface area (Å²) in [5.41, 5.74) is 2.18. The lowest BCUT2D eigenvalue weighted by molar-refractivity contribution is -0.00964. The molecule has 0 radical (unpaired) electrons. The van der Waals surface area contributed by atoms with Gasteiger partial charge in [-0.1, -0.05) is 15.9 Å². The maximum Gasteiger partial charge on any atom is 0.254 e. The van der Waals surface area contributed by atoms with E-state index >= 15 is 0 Å². The molecule has 1 saturated heterocycles. The van der Waals surface area contributed by atoms with Crippen LogP contribution in [0.3, 0.4) is 0 Å². The molecule has 1 atom stereocenters. The number of aromatic nitrogens is 2. The Labute approximate surface area is 125 Å². The summed E-state index contributed by atoms with van der Waals surface area (Å²) in [5.74, 6) is 0.0202. The van der Waals surface area contributed by atoms with Crippen LogP contribution in [0.15, 0.2) is 30.6 Å². The number of alkyl halides is 1. The topological polar surface area (TPSA) is 55.3 Å². The van der Waals surface area contributed by atoms with Gasteiger partial charge >= 0.3 is 0 Å². The van der Waals surface area contributed by atoms with Gasteiger partial charge in [0.25, 0.3) is 5.91 Å². The SMILES string of the molecule is O=C(c1ccc2nccnc2c1)N1CCOC(CBr)C1. The molecule has 0 spiro atoms. The van der Waals surface area contributed by atoms with Crippen LogP contribution in [-0.2, 0) is 4.74 Å². The van der Waals surface area contributed by atoms with Crippen LogP contribution in [0.1, 0.15) is 10.4 Å². The molecule has 1 aromatic carbocycles. The fourth-order valence-electron chi connectivity index (χ4n) is 2.28. The zero-order chi connectivity index (χ0) is 13.9. The first-order valence-electron chi connectivity index (χ1n) is 6.45. The van der Waals surface area contributed by atoms with E-state index in [2.05, 4.69) is 25.9 Å². The minimum absolute atomic E-state index is 0.0202. The van der Waals surface area contributed by atoms with Gasteiger partial charge in [-0.05, 0) is 18.2 Å². The van der Waals surface area contributed by atoms with Crippen LogP contribution in [0.5, 0.6) is 0 Å². The van der Waals surface area contributed by atoms with Crippen molar-refractivity contribution in [3.05, 3.63) is 36.2 Å². The number of amides is 1. The van der Waals surface area contributed by atoms with Gasteiger partial charge in [0.1, 0.15) is 0 Å². The molecule has 1 amide bonds. The third-order valence-corrected chi connectivity index (χ3v) is 4.04. The first-order valence-corrected chi connectivity index (χ1v) is 7.57. The van der Waals surface area contributed by atoms with Crippen molar-refractivity contribution in [2.45, 2.75) is 6.10 Å². The van der Waals surface area contributed by atoms with Crippen molar-refractivity contribution in [2.24, 2.45) is 0 Å². The van der Waals surface area contributed by atoms with Crippen LogP contribution in [0, 0.1) is 0 Å². The lowest BCUT2D eigenvalue weighted by Crippen LogP contribution is -2.46. The van der Waals surface area contributed by atoms with E-state index in [0.29, 0.717) is 25.3 Å². The minimum Gasteiger partial charge on any atom is -0.374 e. The van der Waals surface area contributed by atoms with Gasteiger partial charge in [0.05, 0.1) is 23.7 Å². The summed E-state index contributed by atoms with van der Waals surface area (Å²) in [4.78, 5) is 22.8. The van der Waals surface area contributed by atoms with Crippen LogP contribution in [-0.4, -0.2) is 51.9 Å². The van der Waals surface area contributed by atoms with Crippen molar-refractivity contribution in [1.29, 1.82) is 0 Å². The number of ether oxygens (including phenoxy) is 1. The lowest BCUT2D eigenvalue weighted by atomic mass is 10.1. The van der Waals surface area contributed by atoms with Crippen molar-refractivity contribution >= 4 is 32.9 Å². The minimum atomic E-state index is 0.0202. The average Bonchev–Trinajstić information content (AvgIpc) is 2.53. The Morgan fingerprint density at radius 3 is 2.95 bits per heavy atom. The molecule has 5 nitrogen and oxygen atoms in total. The molecule has 6 heteroatoms. The van der Waals surface area contributed by atoms with Crippen LogP contribution >= 0.6 is 15.9 Å². The third-order valence-electron chi connectivity index (χ3n) is 3.31. The molecule has 104 valence electrons. The molecule has 0 bridgehead atoms. The smallest absolute Gasteiger partial charge is 0.254 e. The van der Waals surface area contributed by atoms with Crippen molar-refractivity contribution in [1.82, 2.24) is 14.9 Å². The number of morpholine rings is 1. The van der Waals surface area contributed by atoms with Crippen LogP contribution < -0.4 is 0 Å². The zero-order valence-corrected chi connectivity index (χ0v) is 12.4. The highest BCUT2D eigenvalue weighted by molar-refractivity contribution is 9.09. The Hall–Kier alpha value is -1.53. The summed E-state index contributed by atoms with van der Waals surface area (Å²) in [6.07, 6.45) is 3.34. The Bertz CT molecular complexity index is 635. The maximum atomic E-state index is 12.5. The van der Waals surface area contributed by atoms with E-state index in [1.807, 2.05) is 11.0 Å². The average molecular weight is 336 g/mol. The van der Waals surface area contributed by atoms with E-state index in [4.69, 9.17) is 4.74 Å². The second-order valence-electron chi connectivity index (χ2n) is 4.66. The van der Waals surface area contributed by atoms with E-state index < -0.39 is 0 Å². The molecule has 1 aromatic heterocycles. The highest BCUT2D eigenvalue weighted by Crippen LogP contribution is 2.15. The second kappa shape index (κ2) is 5.85. The van der Waals surface area contributed by atoms with Crippen molar-refractivity contribution in [3.8, 4) is 0 Å². The largest absolute Gasteiger partial charge is 0.374 e. The number of nitrogens with zero attached hydrogens (tertiary/aromatic N) is 3. The van der Waals surface area contributed by atoms with Crippen molar-refractivity contribution in [3.63, 3.8) is 0 Å². The summed E-state index contributed by atoms with van der Waals surface area (Å²) >= 11 is 3.40. The number of rotatable bonds is 2. The Balaban J connectivity index is 1.84. The molecule has 0 saturated carbocycles.